The lowest BCUT2D eigenvalue weighted by atomic mass is 10.1. The summed E-state index contributed by atoms with van der Waals surface area (Å²) >= 11 is 0. The van der Waals surface area contributed by atoms with Crippen LogP contribution in [0.5, 0.6) is 0 Å². The minimum absolute atomic E-state index is 0.0967. The van der Waals surface area contributed by atoms with E-state index in [1.54, 1.807) is 0 Å². The monoisotopic (exact) mass is 308 g/mol. The van der Waals surface area contributed by atoms with Crippen molar-refractivity contribution >= 4 is 23.0 Å². The molecule has 1 heterocycles. The first kappa shape index (κ1) is 15.6. The van der Waals surface area contributed by atoms with Gasteiger partial charge in [0, 0.05) is 29.5 Å². The molecule has 1 unspecified atom stereocenters. The first-order valence-electron chi connectivity index (χ1n) is 8.46. The predicted octanol–water partition coefficient (Wildman–Crippen LogP) is 4.90. The molecule has 3 rings (SSSR count). The van der Waals surface area contributed by atoms with Gasteiger partial charge >= 0.3 is 0 Å². The Balaban J connectivity index is 1.74. The van der Waals surface area contributed by atoms with Gasteiger partial charge in [0.25, 0.3) is 0 Å². The van der Waals surface area contributed by atoms with Crippen LogP contribution in [0.3, 0.4) is 0 Å². The van der Waals surface area contributed by atoms with Crippen LogP contribution < -0.4 is 10.2 Å². The number of carbonyl (C=O) groups excluding carboxylic acids is 1. The summed E-state index contributed by atoms with van der Waals surface area (Å²) in [5.74, 6) is 0.0967. The molecule has 1 atom stereocenters. The number of fused-ring (bicyclic) bond motifs is 1. The van der Waals surface area contributed by atoms with Crippen LogP contribution in [-0.2, 0) is 11.2 Å². The molecule has 2 aromatic carbocycles. The van der Waals surface area contributed by atoms with Gasteiger partial charge in [-0.05, 0) is 55.7 Å². The van der Waals surface area contributed by atoms with E-state index in [2.05, 4.69) is 60.5 Å². The summed E-state index contributed by atoms with van der Waals surface area (Å²) in [6.07, 6.45) is 3.64. The lowest BCUT2D eigenvalue weighted by Gasteiger charge is -2.25. The summed E-state index contributed by atoms with van der Waals surface area (Å²) in [7, 11) is 0. The van der Waals surface area contributed by atoms with Crippen molar-refractivity contribution in [1.82, 2.24) is 0 Å². The summed E-state index contributed by atoms with van der Waals surface area (Å²) in [6, 6.07) is 17.2. The van der Waals surface area contributed by atoms with Crippen molar-refractivity contribution in [2.45, 2.75) is 45.6 Å². The Morgan fingerprint density at radius 3 is 2.65 bits per heavy atom. The van der Waals surface area contributed by atoms with Gasteiger partial charge in [-0.2, -0.15) is 0 Å². The Labute approximate surface area is 138 Å². The number of nitrogens with one attached hydrogen (secondary N) is 1. The van der Waals surface area contributed by atoms with Gasteiger partial charge in [-0.25, -0.2) is 0 Å². The molecule has 0 bridgehead atoms. The molecule has 0 spiro atoms. The van der Waals surface area contributed by atoms with E-state index in [1.165, 1.54) is 16.9 Å². The van der Waals surface area contributed by atoms with E-state index in [-0.39, 0.29) is 5.91 Å². The van der Waals surface area contributed by atoms with E-state index < -0.39 is 0 Å². The number of hydrogen-bond donors (Lipinski definition) is 1. The van der Waals surface area contributed by atoms with Crippen LogP contribution in [0.15, 0.2) is 48.5 Å². The Kier molecular flexibility index (Phi) is 4.65. The number of unbranched alkanes of at least 4 members (excludes halogenated alkanes) is 1. The molecule has 1 amide bonds. The third-order valence-electron chi connectivity index (χ3n) is 4.39. The average molecular weight is 308 g/mol. The van der Waals surface area contributed by atoms with Gasteiger partial charge in [-0.15, -0.1) is 0 Å². The molecule has 0 aromatic heterocycles. The molecule has 0 saturated heterocycles. The van der Waals surface area contributed by atoms with Crippen LogP contribution in [0.1, 0.15) is 38.7 Å². The second kappa shape index (κ2) is 6.86. The first-order valence-corrected chi connectivity index (χ1v) is 8.46. The molecule has 1 aliphatic rings. The minimum atomic E-state index is 0.0967. The van der Waals surface area contributed by atoms with Crippen molar-refractivity contribution in [2.24, 2.45) is 0 Å². The maximum absolute atomic E-state index is 11.8. The van der Waals surface area contributed by atoms with Crippen LogP contribution in [0.2, 0.25) is 0 Å². The number of para-hydroxylation sites is 1. The summed E-state index contributed by atoms with van der Waals surface area (Å²) in [5.41, 5.74) is 4.74. The number of rotatable bonds is 5. The average Bonchev–Trinajstić information content (AvgIpc) is 2.89. The third-order valence-corrected chi connectivity index (χ3v) is 4.39. The van der Waals surface area contributed by atoms with Gasteiger partial charge in [0.2, 0.25) is 5.91 Å². The number of nitrogens with zero attached hydrogens (tertiary/aromatic N) is 1. The molecule has 1 aliphatic heterocycles. The third kappa shape index (κ3) is 3.39. The van der Waals surface area contributed by atoms with Gasteiger partial charge in [0.05, 0.1) is 0 Å². The Morgan fingerprint density at radius 1 is 1.17 bits per heavy atom. The molecule has 0 radical (unpaired) electrons. The molecular formula is C20H24N2O. The summed E-state index contributed by atoms with van der Waals surface area (Å²) in [5, 5.41) is 2.97. The van der Waals surface area contributed by atoms with Crippen molar-refractivity contribution in [1.29, 1.82) is 0 Å². The SMILES string of the molecule is CCCCC(=O)Nc1ccc(N2c3ccccc3CC2C)cc1. The molecule has 120 valence electrons. The molecule has 3 heteroatoms. The maximum Gasteiger partial charge on any atom is 0.224 e. The smallest absolute Gasteiger partial charge is 0.224 e. The van der Waals surface area contributed by atoms with E-state index in [9.17, 15) is 4.79 Å². The van der Waals surface area contributed by atoms with Gasteiger partial charge in [-0.1, -0.05) is 31.5 Å². The van der Waals surface area contributed by atoms with Gasteiger partial charge in [-0.3, -0.25) is 4.79 Å². The minimum Gasteiger partial charge on any atom is -0.338 e. The molecule has 1 N–H and O–H groups in total. The maximum atomic E-state index is 11.8. The number of benzene rings is 2. The Morgan fingerprint density at radius 2 is 1.91 bits per heavy atom. The normalized spacial score (nSPS) is 16.3. The zero-order valence-electron chi connectivity index (χ0n) is 13.9. The quantitative estimate of drug-likeness (QED) is 0.852. The van der Waals surface area contributed by atoms with E-state index >= 15 is 0 Å². The Hall–Kier alpha value is -2.29. The summed E-state index contributed by atoms with van der Waals surface area (Å²) in [4.78, 5) is 14.2. The lowest BCUT2D eigenvalue weighted by molar-refractivity contribution is -0.116. The van der Waals surface area contributed by atoms with Crippen LogP contribution in [0, 0.1) is 0 Å². The topological polar surface area (TPSA) is 32.3 Å². The van der Waals surface area contributed by atoms with Crippen molar-refractivity contribution < 1.29 is 4.79 Å². The number of carbonyl (C=O) groups is 1. The number of anilines is 3. The summed E-state index contributed by atoms with van der Waals surface area (Å²) < 4.78 is 0. The van der Waals surface area contributed by atoms with Crippen molar-refractivity contribution in [3.63, 3.8) is 0 Å². The molecule has 2 aromatic rings. The van der Waals surface area contributed by atoms with Crippen LogP contribution in [0.25, 0.3) is 0 Å². The standard InChI is InChI=1S/C20H24N2O/c1-3-4-9-20(23)21-17-10-12-18(13-11-17)22-15(2)14-16-7-5-6-8-19(16)22/h5-8,10-13,15H,3-4,9,14H2,1-2H3,(H,21,23). The van der Waals surface area contributed by atoms with Gasteiger partial charge in [0.15, 0.2) is 0 Å². The number of hydrogen-bond acceptors (Lipinski definition) is 2. The lowest BCUT2D eigenvalue weighted by Crippen LogP contribution is -2.23. The zero-order chi connectivity index (χ0) is 16.2. The van der Waals surface area contributed by atoms with E-state index in [4.69, 9.17) is 0 Å². The molecule has 3 nitrogen and oxygen atoms in total. The molecule has 0 aliphatic carbocycles. The largest absolute Gasteiger partial charge is 0.338 e. The Bertz CT molecular complexity index is 678. The highest BCUT2D eigenvalue weighted by molar-refractivity contribution is 5.91. The van der Waals surface area contributed by atoms with E-state index in [1.807, 2.05) is 12.1 Å². The first-order chi connectivity index (χ1) is 11.2. The molecule has 23 heavy (non-hydrogen) atoms. The van der Waals surface area contributed by atoms with Gasteiger partial charge < -0.3 is 10.2 Å². The molecule has 0 fully saturated rings. The highest BCUT2D eigenvalue weighted by Gasteiger charge is 2.26. The van der Waals surface area contributed by atoms with Crippen LogP contribution >= 0.6 is 0 Å². The zero-order valence-corrected chi connectivity index (χ0v) is 13.9. The second-order valence-electron chi connectivity index (χ2n) is 6.25. The highest BCUT2D eigenvalue weighted by Crippen LogP contribution is 2.38. The fourth-order valence-corrected chi connectivity index (χ4v) is 3.23. The van der Waals surface area contributed by atoms with E-state index in [0.717, 1.165) is 24.9 Å². The van der Waals surface area contributed by atoms with Crippen LogP contribution in [-0.4, -0.2) is 11.9 Å². The fraction of sp³-hybridized carbons (Fsp3) is 0.350. The predicted molar refractivity (Wildman–Crippen MR) is 96.3 cm³/mol. The van der Waals surface area contributed by atoms with Crippen LogP contribution in [0.4, 0.5) is 17.1 Å². The summed E-state index contributed by atoms with van der Waals surface area (Å²) in [6.45, 7) is 4.34. The fourth-order valence-electron chi connectivity index (χ4n) is 3.23. The molecule has 0 saturated carbocycles. The van der Waals surface area contributed by atoms with E-state index in [0.29, 0.717) is 12.5 Å². The van der Waals surface area contributed by atoms with Crippen molar-refractivity contribution in [3.8, 4) is 0 Å². The highest BCUT2D eigenvalue weighted by atomic mass is 16.1. The molecular weight excluding hydrogens is 284 g/mol. The van der Waals surface area contributed by atoms with Gasteiger partial charge in [0.1, 0.15) is 0 Å². The van der Waals surface area contributed by atoms with Crippen molar-refractivity contribution in [3.05, 3.63) is 54.1 Å². The van der Waals surface area contributed by atoms with Crippen molar-refractivity contribution in [2.75, 3.05) is 10.2 Å². The number of amides is 1. The second-order valence-corrected chi connectivity index (χ2v) is 6.25.